The number of ether oxygens (including phenoxy) is 1. The van der Waals surface area contributed by atoms with Gasteiger partial charge in [0.05, 0.1) is 13.3 Å². The van der Waals surface area contributed by atoms with Crippen LogP contribution < -0.4 is 10.3 Å². The van der Waals surface area contributed by atoms with Crippen LogP contribution in [-0.2, 0) is 18.3 Å². The molecule has 3 aromatic rings. The van der Waals surface area contributed by atoms with Crippen molar-refractivity contribution >= 4 is 22.7 Å². The fourth-order valence-electron chi connectivity index (χ4n) is 4.04. The molecule has 32 heavy (non-hydrogen) atoms. The van der Waals surface area contributed by atoms with Gasteiger partial charge in [-0.1, -0.05) is 0 Å². The van der Waals surface area contributed by atoms with Gasteiger partial charge >= 0.3 is 0 Å². The largest absolute Gasteiger partial charge is 0.481 e. The van der Waals surface area contributed by atoms with Gasteiger partial charge in [0.1, 0.15) is 11.2 Å². The number of carbonyl (C=O) groups is 2. The highest BCUT2D eigenvalue weighted by Gasteiger charge is 2.28. The second-order valence-electron chi connectivity index (χ2n) is 7.98. The van der Waals surface area contributed by atoms with Gasteiger partial charge in [-0.3, -0.25) is 19.1 Å². The van der Waals surface area contributed by atoms with Crippen LogP contribution in [-0.4, -0.2) is 61.5 Å². The van der Waals surface area contributed by atoms with Crippen molar-refractivity contribution in [3.8, 4) is 5.88 Å². The molecule has 10 nitrogen and oxygen atoms in total. The summed E-state index contributed by atoms with van der Waals surface area (Å²) < 4.78 is 6.59. The summed E-state index contributed by atoms with van der Waals surface area (Å²) in [5, 5.41) is 4.51. The number of likely N-dealkylation sites (tertiary alicyclic amines) is 1. The lowest BCUT2D eigenvalue weighted by Crippen LogP contribution is -2.40. The number of piperidine rings is 1. The van der Waals surface area contributed by atoms with E-state index in [9.17, 15) is 14.4 Å². The topological polar surface area (TPSA) is 123 Å². The minimum absolute atomic E-state index is 0.0611. The predicted molar refractivity (Wildman–Crippen MR) is 116 cm³/mol. The van der Waals surface area contributed by atoms with Crippen molar-refractivity contribution in [2.45, 2.75) is 32.1 Å². The Hall–Kier alpha value is -3.56. The number of pyridine rings is 1. The number of methoxy groups -OCH3 is 1. The van der Waals surface area contributed by atoms with Crippen molar-refractivity contribution in [2.75, 3.05) is 20.2 Å². The molecule has 1 amide bonds. The summed E-state index contributed by atoms with van der Waals surface area (Å²) in [7, 11) is 3.27. The minimum Gasteiger partial charge on any atom is -0.481 e. The van der Waals surface area contributed by atoms with Crippen molar-refractivity contribution in [1.82, 2.24) is 29.6 Å². The predicted octanol–water partition coefficient (Wildman–Crippen LogP) is 1.50. The number of hydrogen-bond donors (Lipinski definition) is 1. The highest BCUT2D eigenvalue weighted by molar-refractivity contribution is 5.97. The van der Waals surface area contributed by atoms with Crippen LogP contribution in [0.15, 0.2) is 29.3 Å². The van der Waals surface area contributed by atoms with Crippen LogP contribution in [0, 0.1) is 5.92 Å². The number of nitrogens with one attached hydrogen (secondary N) is 1. The van der Waals surface area contributed by atoms with Crippen LogP contribution in [0.2, 0.25) is 0 Å². The zero-order valence-corrected chi connectivity index (χ0v) is 18.2. The number of nitrogens with zero attached hydrogens (tertiary/aromatic N) is 5. The normalized spacial score (nSPS) is 14.6. The molecular formula is C22H26N6O4. The van der Waals surface area contributed by atoms with Crippen LogP contribution in [0.1, 0.15) is 41.9 Å². The quantitative estimate of drug-likeness (QED) is 0.555. The van der Waals surface area contributed by atoms with Gasteiger partial charge in [0.15, 0.2) is 11.4 Å². The molecule has 1 saturated heterocycles. The van der Waals surface area contributed by atoms with Gasteiger partial charge in [0.25, 0.3) is 5.56 Å². The molecule has 0 saturated carbocycles. The van der Waals surface area contributed by atoms with E-state index in [1.807, 2.05) is 4.90 Å². The summed E-state index contributed by atoms with van der Waals surface area (Å²) >= 11 is 0. The third kappa shape index (κ3) is 4.53. The molecule has 0 spiro atoms. The third-order valence-electron chi connectivity index (χ3n) is 5.90. The Morgan fingerprint density at radius 2 is 2.00 bits per heavy atom. The lowest BCUT2D eigenvalue weighted by molar-refractivity contribution is -0.132. The van der Waals surface area contributed by atoms with Gasteiger partial charge in [0, 0.05) is 56.7 Å². The van der Waals surface area contributed by atoms with E-state index < -0.39 is 0 Å². The van der Waals surface area contributed by atoms with Crippen LogP contribution in [0.5, 0.6) is 5.88 Å². The Morgan fingerprint density at radius 3 is 2.69 bits per heavy atom. The van der Waals surface area contributed by atoms with Crippen LogP contribution >= 0.6 is 0 Å². The fraction of sp³-hybridized carbons (Fsp3) is 0.455. The van der Waals surface area contributed by atoms with E-state index in [0.29, 0.717) is 73.5 Å². The van der Waals surface area contributed by atoms with Gasteiger partial charge in [-0.15, -0.1) is 0 Å². The maximum absolute atomic E-state index is 12.7. The highest BCUT2D eigenvalue weighted by Crippen LogP contribution is 2.23. The molecule has 4 rings (SSSR count). The minimum atomic E-state index is -0.219. The van der Waals surface area contributed by atoms with Crippen molar-refractivity contribution in [3.05, 3.63) is 46.3 Å². The van der Waals surface area contributed by atoms with Crippen molar-refractivity contribution < 1.29 is 14.3 Å². The van der Waals surface area contributed by atoms with Gasteiger partial charge in [-0.25, -0.2) is 9.97 Å². The van der Waals surface area contributed by atoms with Crippen LogP contribution in [0.4, 0.5) is 0 Å². The van der Waals surface area contributed by atoms with Gasteiger partial charge in [-0.05, 0) is 25.3 Å². The number of fused-ring (bicyclic) bond motifs is 1. The SMILES string of the molecule is COc1ccc(C(=O)C2CCN(C(=O)CCCc3nc4c(cnn4C)c(=O)[nH]3)CC2)cn1. The summed E-state index contributed by atoms with van der Waals surface area (Å²) in [5.74, 6) is 1.05. The number of amides is 1. The number of aromatic nitrogens is 5. The first-order chi connectivity index (χ1) is 15.5. The van der Waals surface area contributed by atoms with Crippen molar-refractivity contribution in [2.24, 2.45) is 13.0 Å². The molecule has 0 aromatic carbocycles. The first-order valence-electron chi connectivity index (χ1n) is 10.7. The first kappa shape index (κ1) is 21.7. The Bertz CT molecular complexity index is 1180. The van der Waals surface area contributed by atoms with Gasteiger partial charge in [-0.2, -0.15) is 5.10 Å². The number of carbonyl (C=O) groups excluding carboxylic acids is 2. The van der Waals surface area contributed by atoms with E-state index in [0.717, 1.165) is 0 Å². The highest BCUT2D eigenvalue weighted by atomic mass is 16.5. The Labute approximate surface area is 184 Å². The molecule has 168 valence electrons. The number of aromatic amines is 1. The number of Topliss-reactive ketones (excluding diaryl/α,β-unsaturated/α-hetero) is 1. The van der Waals surface area contributed by atoms with E-state index in [1.165, 1.54) is 13.3 Å². The number of aryl methyl sites for hydroxylation is 2. The third-order valence-corrected chi connectivity index (χ3v) is 5.90. The molecule has 4 heterocycles. The number of ketones is 1. The van der Waals surface area contributed by atoms with Crippen molar-refractivity contribution in [1.29, 1.82) is 0 Å². The second-order valence-corrected chi connectivity index (χ2v) is 7.98. The van der Waals surface area contributed by atoms with Gasteiger partial charge in [0.2, 0.25) is 11.8 Å². The molecule has 3 aromatic heterocycles. The fourth-order valence-corrected chi connectivity index (χ4v) is 4.04. The Balaban J connectivity index is 1.26. The Kier molecular flexibility index (Phi) is 6.29. The van der Waals surface area contributed by atoms with E-state index in [-0.39, 0.29) is 23.2 Å². The molecule has 0 atom stereocenters. The summed E-state index contributed by atoms with van der Waals surface area (Å²) in [6, 6.07) is 3.41. The molecule has 0 radical (unpaired) electrons. The molecule has 1 aliphatic rings. The van der Waals surface area contributed by atoms with E-state index >= 15 is 0 Å². The summed E-state index contributed by atoms with van der Waals surface area (Å²) in [5.41, 5.74) is 0.888. The molecule has 0 unspecified atom stereocenters. The van der Waals surface area contributed by atoms with Crippen LogP contribution in [0.25, 0.3) is 11.0 Å². The molecule has 0 aliphatic carbocycles. The lowest BCUT2D eigenvalue weighted by atomic mass is 9.89. The molecule has 1 fully saturated rings. The maximum Gasteiger partial charge on any atom is 0.262 e. The monoisotopic (exact) mass is 438 g/mol. The van der Waals surface area contributed by atoms with Crippen LogP contribution in [0.3, 0.4) is 0 Å². The lowest BCUT2D eigenvalue weighted by Gasteiger charge is -2.31. The zero-order valence-electron chi connectivity index (χ0n) is 18.2. The molecule has 1 N–H and O–H groups in total. The van der Waals surface area contributed by atoms with E-state index in [2.05, 4.69) is 20.1 Å². The Morgan fingerprint density at radius 1 is 1.22 bits per heavy atom. The van der Waals surface area contributed by atoms with E-state index in [4.69, 9.17) is 4.74 Å². The number of H-pyrrole nitrogens is 1. The average Bonchev–Trinajstić information content (AvgIpc) is 3.20. The van der Waals surface area contributed by atoms with Gasteiger partial charge < -0.3 is 14.6 Å². The molecule has 0 bridgehead atoms. The maximum atomic E-state index is 12.7. The summed E-state index contributed by atoms with van der Waals surface area (Å²) in [4.78, 5) is 50.5. The van der Waals surface area contributed by atoms with E-state index in [1.54, 1.807) is 30.1 Å². The first-order valence-corrected chi connectivity index (χ1v) is 10.7. The van der Waals surface area contributed by atoms with Crippen molar-refractivity contribution in [3.63, 3.8) is 0 Å². The smallest absolute Gasteiger partial charge is 0.262 e. The molecule has 10 heteroatoms. The molecule has 1 aliphatic heterocycles. The number of rotatable bonds is 7. The standard InChI is InChI=1S/C22H26N6O4/c1-27-21-16(13-24-27)22(31)26-17(25-21)4-3-5-19(29)28-10-8-14(9-11-28)20(30)15-6-7-18(32-2)23-12-15/h6-7,12-14H,3-5,8-11H2,1-2H3,(H,25,26,31). The zero-order chi connectivity index (χ0) is 22.7. The second kappa shape index (κ2) is 9.29. The summed E-state index contributed by atoms with van der Waals surface area (Å²) in [6.45, 7) is 1.13. The average molecular weight is 438 g/mol. The number of hydrogen-bond acceptors (Lipinski definition) is 7. The molecular weight excluding hydrogens is 412 g/mol. The summed E-state index contributed by atoms with van der Waals surface area (Å²) in [6.07, 6.45) is 5.77.